The Hall–Kier alpha value is -2.70. The fraction of sp³-hybridized carbons (Fsp3) is 0.421. The summed E-state index contributed by atoms with van der Waals surface area (Å²) in [6, 6.07) is 5.17. The van der Waals surface area contributed by atoms with Gasteiger partial charge in [-0.05, 0) is 31.5 Å². The van der Waals surface area contributed by atoms with Crippen molar-refractivity contribution in [2.45, 2.75) is 52.0 Å². The molecule has 0 saturated heterocycles. The number of aromatic nitrogens is 2. The third-order valence-corrected chi connectivity index (χ3v) is 4.12. The smallest absolute Gasteiger partial charge is 0.335 e. The minimum absolute atomic E-state index is 0.0137. The molecule has 0 aliphatic heterocycles. The van der Waals surface area contributed by atoms with E-state index in [0.29, 0.717) is 0 Å². The number of halogens is 1. The van der Waals surface area contributed by atoms with Gasteiger partial charge in [-0.15, -0.1) is 0 Å². The number of nitrogens with zero attached hydrogens (tertiary/aromatic N) is 2. The molecule has 6 nitrogen and oxygen atoms in total. The summed E-state index contributed by atoms with van der Waals surface area (Å²) in [5, 5.41) is 10.4. The number of hydrogen-bond acceptors (Lipinski definition) is 4. The van der Waals surface area contributed by atoms with Crippen molar-refractivity contribution in [3.05, 3.63) is 56.5 Å². The van der Waals surface area contributed by atoms with E-state index < -0.39 is 22.9 Å². The first-order chi connectivity index (χ1) is 12.4. The van der Waals surface area contributed by atoms with Crippen LogP contribution in [0.25, 0.3) is 5.69 Å². The van der Waals surface area contributed by atoms with Gasteiger partial charge in [-0.1, -0.05) is 38.7 Å². The maximum atomic E-state index is 13.4. The highest BCUT2D eigenvalue weighted by Crippen LogP contribution is 2.16. The van der Waals surface area contributed by atoms with Crippen molar-refractivity contribution in [2.24, 2.45) is 4.99 Å². The zero-order chi connectivity index (χ0) is 19.1. The third kappa shape index (κ3) is 4.91. The molecule has 0 fully saturated rings. The van der Waals surface area contributed by atoms with E-state index in [-0.39, 0.29) is 17.3 Å². The molecule has 1 atom stereocenters. The molecule has 2 N–H and O–H groups in total. The second kappa shape index (κ2) is 9.12. The zero-order valence-electron chi connectivity index (χ0n) is 15.0. The molecule has 7 heteroatoms. The predicted molar refractivity (Wildman–Crippen MR) is 100 cm³/mol. The minimum Gasteiger partial charge on any atom is -0.493 e. The van der Waals surface area contributed by atoms with Crippen LogP contribution in [-0.2, 0) is 0 Å². The lowest BCUT2D eigenvalue weighted by atomic mass is 10.1. The number of H-pyrrole nitrogens is 1. The molecule has 2 aromatic rings. The minimum atomic E-state index is -0.845. The van der Waals surface area contributed by atoms with Crippen molar-refractivity contribution in [1.29, 1.82) is 0 Å². The van der Waals surface area contributed by atoms with Gasteiger partial charge >= 0.3 is 5.69 Å². The lowest BCUT2D eigenvalue weighted by Crippen LogP contribution is -2.31. The largest absolute Gasteiger partial charge is 0.493 e. The van der Waals surface area contributed by atoms with Crippen LogP contribution in [0.3, 0.4) is 0 Å². The predicted octanol–water partition coefficient (Wildman–Crippen LogP) is 3.15. The zero-order valence-corrected chi connectivity index (χ0v) is 15.0. The van der Waals surface area contributed by atoms with E-state index in [1.54, 1.807) is 0 Å². The first kappa shape index (κ1) is 19.6. The summed E-state index contributed by atoms with van der Waals surface area (Å²) in [4.78, 5) is 30.5. The van der Waals surface area contributed by atoms with Crippen LogP contribution < -0.4 is 11.2 Å². The summed E-state index contributed by atoms with van der Waals surface area (Å²) in [5.41, 5.74) is -1.59. The van der Waals surface area contributed by atoms with Crippen molar-refractivity contribution in [3.63, 3.8) is 0 Å². The Kier molecular flexibility index (Phi) is 6.89. The van der Waals surface area contributed by atoms with Gasteiger partial charge in [0.25, 0.3) is 5.56 Å². The van der Waals surface area contributed by atoms with Gasteiger partial charge in [-0.3, -0.25) is 14.8 Å². The summed E-state index contributed by atoms with van der Waals surface area (Å²) >= 11 is 0. The third-order valence-electron chi connectivity index (χ3n) is 4.12. The molecule has 0 aliphatic carbocycles. The molecule has 140 valence electrons. The quantitative estimate of drug-likeness (QED) is 0.559. The van der Waals surface area contributed by atoms with Gasteiger partial charge in [0, 0.05) is 12.3 Å². The van der Waals surface area contributed by atoms with E-state index >= 15 is 0 Å². The summed E-state index contributed by atoms with van der Waals surface area (Å²) in [6.07, 6.45) is 6.65. The number of nitrogens with one attached hydrogen (secondary N) is 1. The van der Waals surface area contributed by atoms with E-state index in [4.69, 9.17) is 0 Å². The Morgan fingerprint density at radius 1 is 1.31 bits per heavy atom. The lowest BCUT2D eigenvalue weighted by molar-refractivity contribution is 0.429. The van der Waals surface area contributed by atoms with Crippen LogP contribution in [0.4, 0.5) is 4.39 Å². The molecule has 2 rings (SSSR count). The number of unbranched alkanes of at least 4 members (excludes halogenated alkanes) is 3. The van der Waals surface area contributed by atoms with Crippen LogP contribution in [0.15, 0.2) is 38.8 Å². The number of benzene rings is 1. The van der Waals surface area contributed by atoms with Gasteiger partial charge in [-0.2, -0.15) is 0 Å². The highest BCUT2D eigenvalue weighted by molar-refractivity contribution is 5.82. The molecule has 0 bridgehead atoms. The lowest BCUT2D eigenvalue weighted by Gasteiger charge is -2.10. The maximum absolute atomic E-state index is 13.4. The normalized spacial score (nSPS) is 12.6. The van der Waals surface area contributed by atoms with Crippen LogP contribution in [0.1, 0.15) is 51.5 Å². The number of hydrogen-bond donors (Lipinski definition) is 2. The summed E-state index contributed by atoms with van der Waals surface area (Å²) in [5.74, 6) is -1.12. The summed E-state index contributed by atoms with van der Waals surface area (Å²) in [7, 11) is 0. The van der Waals surface area contributed by atoms with Gasteiger partial charge in [-0.25, -0.2) is 13.8 Å². The van der Waals surface area contributed by atoms with Crippen molar-refractivity contribution in [3.8, 4) is 11.6 Å². The van der Waals surface area contributed by atoms with E-state index in [1.807, 2.05) is 6.92 Å². The second-order valence-corrected chi connectivity index (χ2v) is 6.29. The Balaban J connectivity index is 2.30. The van der Waals surface area contributed by atoms with Crippen LogP contribution >= 0.6 is 0 Å². The summed E-state index contributed by atoms with van der Waals surface area (Å²) in [6.45, 7) is 4.07. The monoisotopic (exact) mass is 361 g/mol. The highest BCUT2D eigenvalue weighted by atomic mass is 19.1. The molecular weight excluding hydrogens is 337 g/mol. The first-order valence-corrected chi connectivity index (χ1v) is 8.81. The molecule has 1 aromatic carbocycles. The fourth-order valence-electron chi connectivity index (χ4n) is 2.65. The molecule has 1 heterocycles. The molecule has 0 aliphatic rings. The van der Waals surface area contributed by atoms with Crippen molar-refractivity contribution in [2.75, 3.05) is 0 Å². The van der Waals surface area contributed by atoms with E-state index in [1.165, 1.54) is 30.8 Å². The molecule has 1 aromatic heterocycles. The SMILES string of the molecule is CCCCCCC(C)N=Cc1c(O)n(-c2cccc(F)c2)c(=O)[nH]c1=O. The fourth-order valence-corrected chi connectivity index (χ4v) is 2.65. The first-order valence-electron chi connectivity index (χ1n) is 8.81. The Morgan fingerprint density at radius 2 is 2.08 bits per heavy atom. The van der Waals surface area contributed by atoms with Crippen LogP contribution in [0, 0.1) is 5.82 Å². The van der Waals surface area contributed by atoms with E-state index in [9.17, 15) is 19.1 Å². The van der Waals surface area contributed by atoms with Crippen LogP contribution in [0.2, 0.25) is 0 Å². The van der Waals surface area contributed by atoms with Crippen LogP contribution in [0.5, 0.6) is 5.88 Å². The van der Waals surface area contributed by atoms with E-state index in [2.05, 4.69) is 16.9 Å². The molecule has 26 heavy (non-hydrogen) atoms. The molecule has 1 unspecified atom stereocenters. The van der Waals surface area contributed by atoms with Gasteiger partial charge in [0.05, 0.1) is 5.69 Å². The number of rotatable bonds is 8. The van der Waals surface area contributed by atoms with E-state index in [0.717, 1.165) is 36.3 Å². The Bertz CT molecular complexity index is 886. The number of aromatic amines is 1. The highest BCUT2D eigenvalue weighted by Gasteiger charge is 2.14. The number of aromatic hydroxyl groups is 1. The average Bonchev–Trinajstić information content (AvgIpc) is 2.58. The molecule has 0 radical (unpaired) electrons. The van der Waals surface area contributed by atoms with Crippen LogP contribution in [-0.4, -0.2) is 26.9 Å². The average molecular weight is 361 g/mol. The van der Waals surface area contributed by atoms with Gasteiger partial charge < -0.3 is 5.11 Å². The Morgan fingerprint density at radius 3 is 2.77 bits per heavy atom. The molecule has 0 amide bonds. The van der Waals surface area contributed by atoms with Gasteiger partial charge in [0.1, 0.15) is 11.4 Å². The Labute approximate surface area is 151 Å². The maximum Gasteiger partial charge on any atom is 0.335 e. The van der Waals surface area contributed by atoms with Crippen molar-refractivity contribution >= 4 is 6.21 Å². The number of aliphatic imine (C=N–C) groups is 1. The molecule has 0 spiro atoms. The topological polar surface area (TPSA) is 87.4 Å². The second-order valence-electron chi connectivity index (χ2n) is 6.29. The van der Waals surface area contributed by atoms with Gasteiger partial charge in [0.2, 0.25) is 5.88 Å². The molecular formula is C19H24FN3O3. The summed E-state index contributed by atoms with van der Waals surface area (Å²) < 4.78 is 14.3. The van der Waals surface area contributed by atoms with Crippen molar-refractivity contribution < 1.29 is 9.50 Å². The van der Waals surface area contributed by atoms with Crippen molar-refractivity contribution in [1.82, 2.24) is 9.55 Å². The van der Waals surface area contributed by atoms with Gasteiger partial charge in [0.15, 0.2) is 0 Å². The molecule has 0 saturated carbocycles. The standard InChI is InChI=1S/C19H24FN3O3/c1-3-4-5-6-8-13(2)21-12-16-17(24)22-19(26)23(18(16)25)15-10-7-9-14(20)11-15/h7,9-13,25H,3-6,8H2,1-2H3,(H,22,24,26).